The summed E-state index contributed by atoms with van der Waals surface area (Å²) in [4.78, 5) is 28.8. The minimum Gasteiger partial charge on any atom is -0.453 e. The van der Waals surface area contributed by atoms with Crippen LogP contribution in [0.25, 0.3) is 22.3 Å². The molecule has 5 rings (SSSR count). The number of hydrogen-bond donors (Lipinski definition) is 1. The summed E-state index contributed by atoms with van der Waals surface area (Å²) in [7, 11) is 3.35. The third-order valence-corrected chi connectivity index (χ3v) is 6.56. The van der Waals surface area contributed by atoms with Crippen molar-refractivity contribution in [2.75, 3.05) is 44.0 Å². The van der Waals surface area contributed by atoms with Crippen LogP contribution < -0.4 is 10.2 Å². The summed E-state index contributed by atoms with van der Waals surface area (Å²) >= 11 is 6.42. The fourth-order valence-electron chi connectivity index (χ4n) is 4.54. The molecule has 0 unspecified atom stereocenters. The number of carbonyl (C=O) groups is 1. The van der Waals surface area contributed by atoms with Gasteiger partial charge in [0.2, 0.25) is 11.9 Å². The first-order valence-electron chi connectivity index (χ1n) is 11.0. The number of benzene rings is 1. The van der Waals surface area contributed by atoms with E-state index in [2.05, 4.69) is 20.3 Å². The minimum absolute atomic E-state index is 0.108. The third-order valence-electron chi connectivity index (χ3n) is 6.28. The number of nitrogens with zero attached hydrogens (tertiary/aromatic N) is 6. The second-order valence-electron chi connectivity index (χ2n) is 8.43. The third kappa shape index (κ3) is 4.03. The number of aryl methyl sites for hydroxylation is 1. The van der Waals surface area contributed by atoms with Crippen molar-refractivity contribution < 1.29 is 13.9 Å². The number of likely N-dealkylation sites (tertiary alicyclic amines) is 1. The van der Waals surface area contributed by atoms with E-state index >= 15 is 4.39 Å². The standard InChI is InChI=1S/C22H25ClFN7O2/c1-29-6-3-7-31-17-11-13(10-16(24)19(17)28-21(29)31)18-15(23)12-25-20(27-18)26-14-4-8-30(9-5-14)22(32)33-2/h10-12,14H,3-9H2,1-2H3,(H,25,26,27). The van der Waals surface area contributed by atoms with Gasteiger partial charge in [-0.1, -0.05) is 11.6 Å². The van der Waals surface area contributed by atoms with Gasteiger partial charge in [0.15, 0.2) is 5.82 Å². The zero-order valence-corrected chi connectivity index (χ0v) is 19.3. The number of hydrogen-bond acceptors (Lipinski definition) is 7. The number of nitrogens with one attached hydrogen (secondary N) is 1. The van der Waals surface area contributed by atoms with Crippen molar-refractivity contribution in [2.24, 2.45) is 0 Å². The fourth-order valence-corrected chi connectivity index (χ4v) is 4.74. The molecule has 1 N–H and O–H groups in total. The number of halogens is 2. The number of aromatic nitrogens is 4. The van der Waals surface area contributed by atoms with E-state index in [0.717, 1.165) is 43.8 Å². The molecule has 1 amide bonds. The van der Waals surface area contributed by atoms with Crippen molar-refractivity contribution in [3.05, 3.63) is 29.2 Å². The molecule has 33 heavy (non-hydrogen) atoms. The van der Waals surface area contributed by atoms with Gasteiger partial charge in [-0.3, -0.25) is 0 Å². The van der Waals surface area contributed by atoms with Gasteiger partial charge in [0.25, 0.3) is 0 Å². The number of rotatable bonds is 3. The molecule has 2 aromatic heterocycles. The molecular weight excluding hydrogens is 449 g/mol. The zero-order chi connectivity index (χ0) is 23.1. The highest BCUT2D eigenvalue weighted by Gasteiger charge is 2.25. The Morgan fingerprint density at radius 2 is 2.00 bits per heavy atom. The molecule has 1 aromatic carbocycles. The Kier molecular flexibility index (Phi) is 5.69. The van der Waals surface area contributed by atoms with Crippen LogP contribution in [-0.4, -0.2) is 70.3 Å². The summed E-state index contributed by atoms with van der Waals surface area (Å²) in [5.74, 6) is 0.778. The maximum Gasteiger partial charge on any atom is 0.409 e. The molecule has 0 spiro atoms. The van der Waals surface area contributed by atoms with E-state index in [1.807, 2.05) is 22.6 Å². The Bertz CT molecular complexity index is 1210. The Hall–Kier alpha value is -3.14. The Labute approximate surface area is 195 Å². The van der Waals surface area contributed by atoms with Crippen LogP contribution in [0.5, 0.6) is 0 Å². The number of methoxy groups -OCH3 is 1. The summed E-state index contributed by atoms with van der Waals surface area (Å²) in [6, 6.07) is 3.42. The fraction of sp³-hybridized carbons (Fsp3) is 0.455. The minimum atomic E-state index is -0.405. The zero-order valence-electron chi connectivity index (χ0n) is 18.5. The van der Waals surface area contributed by atoms with Gasteiger partial charge in [-0.05, 0) is 31.4 Å². The quantitative estimate of drug-likeness (QED) is 0.619. The summed E-state index contributed by atoms with van der Waals surface area (Å²) in [5.41, 5.74) is 2.11. The monoisotopic (exact) mass is 473 g/mol. The first-order valence-corrected chi connectivity index (χ1v) is 11.4. The van der Waals surface area contributed by atoms with E-state index in [4.69, 9.17) is 16.3 Å². The van der Waals surface area contributed by atoms with Crippen LogP contribution in [0.3, 0.4) is 0 Å². The number of fused-ring (bicyclic) bond motifs is 3. The van der Waals surface area contributed by atoms with Crippen molar-refractivity contribution in [1.82, 2.24) is 24.4 Å². The maximum absolute atomic E-state index is 15.0. The average molecular weight is 474 g/mol. The van der Waals surface area contributed by atoms with Crippen molar-refractivity contribution in [1.29, 1.82) is 0 Å². The van der Waals surface area contributed by atoms with E-state index < -0.39 is 5.82 Å². The lowest BCUT2D eigenvalue weighted by Crippen LogP contribution is -2.42. The molecule has 174 valence electrons. The highest BCUT2D eigenvalue weighted by Crippen LogP contribution is 2.34. The van der Waals surface area contributed by atoms with Crippen molar-refractivity contribution >= 4 is 40.6 Å². The van der Waals surface area contributed by atoms with Gasteiger partial charge in [0.1, 0.15) is 5.52 Å². The number of anilines is 2. The molecule has 3 aromatic rings. The van der Waals surface area contributed by atoms with Gasteiger partial charge >= 0.3 is 6.09 Å². The molecular formula is C22H25ClFN7O2. The van der Waals surface area contributed by atoms with E-state index in [1.165, 1.54) is 19.4 Å². The largest absolute Gasteiger partial charge is 0.453 e. The molecule has 0 saturated carbocycles. The van der Waals surface area contributed by atoms with Gasteiger partial charge < -0.3 is 24.4 Å². The van der Waals surface area contributed by atoms with Gasteiger partial charge in [0, 0.05) is 44.8 Å². The topological polar surface area (TPSA) is 88.4 Å². The lowest BCUT2D eigenvalue weighted by Gasteiger charge is -2.31. The molecule has 0 aliphatic carbocycles. The van der Waals surface area contributed by atoms with Gasteiger partial charge in [-0.15, -0.1) is 0 Å². The average Bonchev–Trinajstić information content (AvgIpc) is 3.21. The SMILES string of the molecule is COC(=O)N1CCC(Nc2ncc(Cl)c(-c3cc(F)c4nc5n(c4c3)CCCN5C)n2)CC1. The molecule has 0 radical (unpaired) electrons. The second kappa shape index (κ2) is 8.66. The normalized spacial score (nSPS) is 16.7. The Morgan fingerprint density at radius 1 is 1.21 bits per heavy atom. The van der Waals surface area contributed by atoms with Crippen LogP contribution in [-0.2, 0) is 11.3 Å². The highest BCUT2D eigenvalue weighted by atomic mass is 35.5. The van der Waals surface area contributed by atoms with Crippen LogP contribution in [0.2, 0.25) is 5.02 Å². The molecule has 11 heteroatoms. The van der Waals surface area contributed by atoms with Gasteiger partial charge in [0.05, 0.1) is 29.5 Å². The number of carbonyl (C=O) groups excluding carboxylic acids is 1. The molecule has 4 heterocycles. The molecule has 9 nitrogen and oxygen atoms in total. The lowest BCUT2D eigenvalue weighted by atomic mass is 10.1. The maximum atomic E-state index is 15.0. The second-order valence-corrected chi connectivity index (χ2v) is 8.84. The van der Waals surface area contributed by atoms with Gasteiger partial charge in [-0.25, -0.2) is 24.1 Å². The smallest absolute Gasteiger partial charge is 0.409 e. The molecule has 1 fully saturated rings. The number of imidazole rings is 1. The summed E-state index contributed by atoms with van der Waals surface area (Å²) < 4.78 is 21.9. The molecule has 1 saturated heterocycles. The molecule has 2 aliphatic heterocycles. The Balaban J connectivity index is 1.42. The number of amides is 1. The van der Waals surface area contributed by atoms with Crippen LogP contribution >= 0.6 is 11.6 Å². The van der Waals surface area contributed by atoms with Crippen molar-refractivity contribution in [2.45, 2.75) is 31.8 Å². The van der Waals surface area contributed by atoms with Gasteiger partial charge in [-0.2, -0.15) is 0 Å². The van der Waals surface area contributed by atoms with E-state index in [0.29, 0.717) is 40.8 Å². The van der Waals surface area contributed by atoms with Crippen molar-refractivity contribution in [3.8, 4) is 11.3 Å². The molecule has 0 bridgehead atoms. The van der Waals surface area contributed by atoms with Crippen LogP contribution in [0.4, 0.5) is 21.1 Å². The number of ether oxygens (including phenoxy) is 1. The summed E-state index contributed by atoms with van der Waals surface area (Å²) in [6.45, 7) is 2.86. The predicted octanol–water partition coefficient (Wildman–Crippen LogP) is 3.77. The first kappa shape index (κ1) is 21.7. The van der Waals surface area contributed by atoms with Crippen molar-refractivity contribution in [3.63, 3.8) is 0 Å². The van der Waals surface area contributed by atoms with E-state index in [1.54, 1.807) is 4.90 Å². The van der Waals surface area contributed by atoms with E-state index in [9.17, 15) is 4.79 Å². The summed E-state index contributed by atoms with van der Waals surface area (Å²) in [6.07, 6.45) is 3.66. The van der Waals surface area contributed by atoms with Crippen LogP contribution in [0.15, 0.2) is 18.3 Å². The number of piperidine rings is 1. The first-order chi connectivity index (χ1) is 15.9. The lowest BCUT2D eigenvalue weighted by molar-refractivity contribution is 0.113. The Morgan fingerprint density at radius 3 is 2.76 bits per heavy atom. The van der Waals surface area contributed by atoms with Crippen LogP contribution in [0.1, 0.15) is 19.3 Å². The molecule has 2 aliphatic rings. The molecule has 0 atom stereocenters. The van der Waals surface area contributed by atoms with Crippen LogP contribution in [0, 0.1) is 5.82 Å². The van der Waals surface area contributed by atoms with E-state index in [-0.39, 0.29) is 12.1 Å². The predicted molar refractivity (Wildman–Crippen MR) is 124 cm³/mol. The highest BCUT2D eigenvalue weighted by molar-refractivity contribution is 6.33. The summed E-state index contributed by atoms with van der Waals surface area (Å²) in [5, 5.41) is 3.66.